The lowest BCUT2D eigenvalue weighted by molar-refractivity contribution is -0.137. The molecule has 0 aliphatic rings. The largest absolute Gasteiger partial charge is 0.416 e. The molecule has 0 aliphatic carbocycles. The topological polar surface area (TPSA) is 16.1 Å². The molecule has 0 bridgehead atoms. The molecule has 0 saturated carbocycles. The van der Waals surface area contributed by atoms with Crippen molar-refractivity contribution in [3.63, 3.8) is 0 Å². The molecule has 0 fully saturated rings. The fraction of sp³-hybridized carbons (Fsp3) is 0.118. The van der Waals surface area contributed by atoms with Gasteiger partial charge in [0.05, 0.1) is 11.3 Å². The van der Waals surface area contributed by atoms with E-state index in [9.17, 15) is 13.2 Å². The minimum absolute atomic E-state index is 0.428. The van der Waals surface area contributed by atoms with E-state index in [4.69, 9.17) is 11.6 Å². The summed E-state index contributed by atoms with van der Waals surface area (Å²) in [7, 11) is 1.69. The summed E-state index contributed by atoms with van der Waals surface area (Å²) >= 11 is 7.34. The predicted molar refractivity (Wildman–Crippen MR) is 92.1 cm³/mol. The molecule has 0 unspecified atom stereocenters. The van der Waals surface area contributed by atoms with Crippen molar-refractivity contribution in [1.29, 1.82) is 0 Å². The zero-order valence-corrected chi connectivity index (χ0v) is 14.1. The van der Waals surface area contributed by atoms with Crippen molar-refractivity contribution < 1.29 is 13.2 Å². The van der Waals surface area contributed by atoms with Crippen LogP contribution in [0.1, 0.15) is 5.56 Å². The van der Waals surface area contributed by atoms with E-state index in [0.29, 0.717) is 15.8 Å². The third-order valence-corrected chi connectivity index (χ3v) is 4.61. The lowest BCUT2D eigenvalue weighted by Crippen LogP contribution is -2.11. The molecule has 0 atom stereocenters. The average Bonchev–Trinajstić information content (AvgIpc) is 3.03. The van der Waals surface area contributed by atoms with Crippen molar-refractivity contribution in [2.75, 3.05) is 11.9 Å². The number of benzene rings is 2. The highest BCUT2D eigenvalue weighted by Gasteiger charge is 2.30. The fourth-order valence-electron chi connectivity index (χ4n) is 2.20. The Hall–Kier alpha value is -2.05. The number of alkyl halides is 3. The molecule has 0 N–H and O–H groups in total. The van der Waals surface area contributed by atoms with Crippen LogP contribution in [-0.4, -0.2) is 12.0 Å². The summed E-state index contributed by atoms with van der Waals surface area (Å²) in [6.45, 7) is 0. The van der Waals surface area contributed by atoms with E-state index in [2.05, 4.69) is 4.98 Å². The number of hydrogen-bond acceptors (Lipinski definition) is 3. The first-order valence-corrected chi connectivity index (χ1v) is 8.23. The number of halogens is 4. The van der Waals surface area contributed by atoms with Gasteiger partial charge in [0.25, 0.3) is 0 Å². The Bertz CT molecular complexity index is 861. The van der Waals surface area contributed by atoms with Crippen molar-refractivity contribution in [1.82, 2.24) is 4.98 Å². The Labute approximate surface area is 146 Å². The lowest BCUT2D eigenvalue weighted by atomic mass is 10.2. The third-order valence-electron chi connectivity index (χ3n) is 3.46. The smallest absolute Gasteiger partial charge is 0.321 e. The minimum Gasteiger partial charge on any atom is -0.321 e. The quantitative estimate of drug-likeness (QED) is 0.543. The Balaban J connectivity index is 1.90. The van der Waals surface area contributed by atoms with Crippen LogP contribution < -0.4 is 4.90 Å². The van der Waals surface area contributed by atoms with Gasteiger partial charge in [-0.05, 0) is 30.3 Å². The van der Waals surface area contributed by atoms with E-state index < -0.39 is 11.7 Å². The maximum atomic E-state index is 12.9. The number of rotatable bonds is 3. The highest BCUT2D eigenvalue weighted by molar-refractivity contribution is 7.14. The molecule has 1 heterocycles. The van der Waals surface area contributed by atoms with E-state index in [1.54, 1.807) is 30.1 Å². The molecule has 2 nitrogen and oxygen atoms in total. The molecule has 0 aliphatic heterocycles. The van der Waals surface area contributed by atoms with Crippen LogP contribution in [0, 0.1) is 0 Å². The molecule has 0 radical (unpaired) electrons. The SMILES string of the molecule is CN(c1cccc(C(F)(F)F)c1)c1nc(-c2cccc(Cl)c2)cs1. The van der Waals surface area contributed by atoms with Gasteiger partial charge in [0, 0.05) is 28.7 Å². The second-order valence-electron chi connectivity index (χ2n) is 5.13. The molecule has 1 aromatic heterocycles. The average molecular weight is 369 g/mol. The Morgan fingerprint density at radius 2 is 1.83 bits per heavy atom. The Kier molecular flexibility index (Phi) is 4.51. The van der Waals surface area contributed by atoms with Crippen LogP contribution in [0.5, 0.6) is 0 Å². The molecule has 3 rings (SSSR count). The van der Waals surface area contributed by atoms with Crippen molar-refractivity contribution >= 4 is 33.8 Å². The van der Waals surface area contributed by atoms with Gasteiger partial charge >= 0.3 is 6.18 Å². The minimum atomic E-state index is -4.37. The number of thiazole rings is 1. The van der Waals surface area contributed by atoms with Gasteiger partial charge in [0.2, 0.25) is 0 Å². The van der Waals surface area contributed by atoms with Crippen molar-refractivity contribution in [2.45, 2.75) is 6.18 Å². The number of anilines is 2. The van der Waals surface area contributed by atoms with Crippen molar-refractivity contribution in [3.05, 3.63) is 64.5 Å². The highest BCUT2D eigenvalue weighted by atomic mass is 35.5. The Morgan fingerprint density at radius 1 is 1.08 bits per heavy atom. The second-order valence-corrected chi connectivity index (χ2v) is 6.41. The summed E-state index contributed by atoms with van der Waals surface area (Å²) in [6, 6.07) is 12.5. The normalized spacial score (nSPS) is 11.5. The summed E-state index contributed by atoms with van der Waals surface area (Å²) in [4.78, 5) is 6.13. The Morgan fingerprint density at radius 3 is 2.54 bits per heavy atom. The molecule has 7 heteroatoms. The van der Waals surface area contributed by atoms with E-state index in [-0.39, 0.29) is 0 Å². The van der Waals surface area contributed by atoms with Gasteiger partial charge in [-0.25, -0.2) is 4.98 Å². The molecule has 0 spiro atoms. The molecule has 0 amide bonds. The van der Waals surface area contributed by atoms with Crippen LogP contribution in [0.3, 0.4) is 0 Å². The van der Waals surface area contributed by atoms with Crippen LogP contribution in [-0.2, 0) is 6.18 Å². The van der Waals surface area contributed by atoms with Gasteiger partial charge in [-0.3, -0.25) is 0 Å². The van der Waals surface area contributed by atoms with Gasteiger partial charge in [0.15, 0.2) is 5.13 Å². The molecule has 0 saturated heterocycles. The first-order valence-electron chi connectivity index (χ1n) is 6.97. The van der Waals surface area contributed by atoms with Gasteiger partial charge in [0.1, 0.15) is 0 Å². The standard InChI is InChI=1S/C17H12ClF3N2S/c1-23(14-7-3-5-12(9-14)17(19,20)21)16-22-15(10-24-16)11-4-2-6-13(18)8-11/h2-10H,1H3. The maximum Gasteiger partial charge on any atom is 0.416 e. The van der Waals surface area contributed by atoms with Crippen LogP contribution in [0.4, 0.5) is 24.0 Å². The summed E-state index contributed by atoms with van der Waals surface area (Å²) in [6.07, 6.45) is -4.37. The van der Waals surface area contributed by atoms with E-state index in [1.807, 2.05) is 17.5 Å². The molecular formula is C17H12ClF3N2S. The number of hydrogen-bond donors (Lipinski definition) is 0. The van der Waals surface area contributed by atoms with E-state index in [0.717, 1.165) is 23.4 Å². The van der Waals surface area contributed by atoms with E-state index in [1.165, 1.54) is 17.4 Å². The third kappa shape index (κ3) is 3.55. The zero-order chi connectivity index (χ0) is 17.3. The monoisotopic (exact) mass is 368 g/mol. The van der Waals surface area contributed by atoms with Gasteiger partial charge in [-0.15, -0.1) is 11.3 Å². The van der Waals surface area contributed by atoms with Crippen LogP contribution >= 0.6 is 22.9 Å². The molecular weight excluding hydrogens is 357 g/mol. The summed E-state index contributed by atoms with van der Waals surface area (Å²) < 4.78 is 38.6. The molecule has 24 heavy (non-hydrogen) atoms. The van der Waals surface area contributed by atoms with Gasteiger partial charge in [-0.2, -0.15) is 13.2 Å². The summed E-state index contributed by atoms with van der Waals surface area (Å²) in [5.74, 6) is 0. The molecule has 2 aromatic carbocycles. The van der Waals surface area contributed by atoms with Gasteiger partial charge in [-0.1, -0.05) is 29.8 Å². The summed E-state index contributed by atoms with van der Waals surface area (Å²) in [5, 5.41) is 3.06. The van der Waals surface area contributed by atoms with E-state index >= 15 is 0 Å². The van der Waals surface area contributed by atoms with Crippen LogP contribution in [0.15, 0.2) is 53.9 Å². The first-order chi connectivity index (χ1) is 11.3. The fourth-order valence-corrected chi connectivity index (χ4v) is 3.21. The number of aromatic nitrogens is 1. The molecule has 124 valence electrons. The van der Waals surface area contributed by atoms with Crippen molar-refractivity contribution in [2.24, 2.45) is 0 Å². The van der Waals surface area contributed by atoms with Crippen LogP contribution in [0.25, 0.3) is 11.3 Å². The van der Waals surface area contributed by atoms with Crippen LogP contribution in [0.2, 0.25) is 5.02 Å². The first kappa shape index (κ1) is 16.8. The maximum absolute atomic E-state index is 12.9. The van der Waals surface area contributed by atoms with Gasteiger partial charge < -0.3 is 4.90 Å². The second kappa shape index (κ2) is 6.45. The number of nitrogens with zero attached hydrogens (tertiary/aromatic N) is 2. The van der Waals surface area contributed by atoms with Crippen molar-refractivity contribution in [3.8, 4) is 11.3 Å². The lowest BCUT2D eigenvalue weighted by Gasteiger charge is -2.17. The summed E-state index contributed by atoms with van der Waals surface area (Å²) in [5.41, 5.74) is 1.34. The predicted octanol–water partition coefficient (Wildman–Crippen LogP) is 6.25. The molecule has 3 aromatic rings. The highest BCUT2D eigenvalue weighted by Crippen LogP contribution is 2.35. The zero-order valence-electron chi connectivity index (χ0n) is 12.5.